The third-order valence-corrected chi connectivity index (χ3v) is 11.5. The van der Waals surface area contributed by atoms with Crippen LogP contribution in [-0.4, -0.2) is 45.1 Å². The number of amidine groups is 2. The smallest absolute Gasteiger partial charge is 0.741 e. The molecule has 12 heteroatoms. The molecule has 5 aromatic rings. The van der Waals surface area contributed by atoms with Crippen LogP contribution in [0.25, 0.3) is 0 Å². The molecule has 0 unspecified atom stereocenters. The molecule has 0 fully saturated rings. The number of hydrogen-bond donors (Lipinski definition) is 2. The van der Waals surface area contributed by atoms with Crippen molar-refractivity contribution in [3.8, 4) is 0 Å². The normalized spacial score (nSPS) is 12.6. The topological polar surface area (TPSA) is 99.3 Å². The van der Waals surface area contributed by atoms with Gasteiger partial charge in [0.15, 0.2) is 11.5 Å². The molecule has 0 aliphatic heterocycles. The van der Waals surface area contributed by atoms with Gasteiger partial charge < -0.3 is 35.9 Å². The Hall–Kier alpha value is -4.37. The second-order valence-corrected chi connectivity index (χ2v) is 13.8. The van der Waals surface area contributed by atoms with Crippen LogP contribution in [0.5, 0.6) is 0 Å². The van der Waals surface area contributed by atoms with Gasteiger partial charge in [0.25, 0.3) is 0 Å². The quantitative estimate of drug-likeness (QED) is 0.0565. The molecule has 233 valence electrons. The number of nitrogens with one attached hydrogen (secondary N) is 2. The van der Waals surface area contributed by atoms with Crippen molar-refractivity contribution < 1.29 is 17.1 Å². The maximum absolute atomic E-state index is 5.78. The Labute approximate surface area is 291 Å². The zero-order valence-electron chi connectivity index (χ0n) is 24.7. The van der Waals surface area contributed by atoms with Crippen LogP contribution in [0.4, 0.5) is 0 Å². The summed E-state index contributed by atoms with van der Waals surface area (Å²) in [7, 11) is -0.517. The van der Waals surface area contributed by atoms with E-state index in [1.54, 1.807) is 25.5 Å². The first-order valence-electron chi connectivity index (χ1n) is 14.1. The summed E-state index contributed by atoms with van der Waals surface area (Å²) in [5, 5.41) is 28.0. The van der Waals surface area contributed by atoms with Gasteiger partial charge in [-0.15, -0.1) is 10.2 Å². The minimum atomic E-state index is -2.19. The molecule has 8 nitrogen and oxygen atoms in total. The second-order valence-electron chi connectivity index (χ2n) is 9.55. The fourth-order valence-electron chi connectivity index (χ4n) is 4.69. The van der Waals surface area contributed by atoms with Gasteiger partial charge in [-0.25, -0.2) is 9.97 Å². The molecule has 4 aromatic carbocycles. The molecule has 0 spiro atoms. The molecule has 5 rings (SSSR count). The number of aromatic nitrogens is 2. The predicted octanol–water partition coefficient (Wildman–Crippen LogP) is 4.15. The molecule has 1 radical (unpaired) electrons. The molecule has 1 heterocycles. The third-order valence-electron chi connectivity index (χ3n) is 6.80. The van der Waals surface area contributed by atoms with E-state index in [-0.39, 0.29) is 27.4 Å². The predicted molar refractivity (Wildman–Crippen MR) is 193 cm³/mol. The molecule has 0 bridgehead atoms. The summed E-state index contributed by atoms with van der Waals surface area (Å²) in [4.78, 5) is 8.79. The van der Waals surface area contributed by atoms with E-state index < -0.39 is 7.26 Å². The van der Waals surface area contributed by atoms with Gasteiger partial charge in [-0.2, -0.15) is 10.2 Å². The molecular formula is C34H30CuN8PS2+. The summed E-state index contributed by atoms with van der Waals surface area (Å²) >= 11 is 11.0. The first-order valence-corrected chi connectivity index (χ1v) is 16.9. The monoisotopic (exact) mass is 708 g/mol. The SMILES string of the molecule is CN/C([S-])=N/N=C(/C(=N/N=C(\[S-])NC[P+](c1ccccc1)(c1ccccc1)c1ccccc1)c1ccccc1)c1ncccn1.[Cu+2]. The van der Waals surface area contributed by atoms with Crippen LogP contribution in [0.15, 0.2) is 160 Å². The molecule has 1 aromatic heterocycles. The van der Waals surface area contributed by atoms with Crippen LogP contribution >= 0.6 is 7.26 Å². The Morgan fingerprint density at radius 1 is 0.587 bits per heavy atom. The average Bonchev–Trinajstić information content (AvgIpc) is 3.12. The Morgan fingerprint density at radius 2 is 1.02 bits per heavy atom. The third kappa shape index (κ3) is 8.46. The van der Waals surface area contributed by atoms with Gasteiger partial charge >= 0.3 is 17.1 Å². The standard InChI is InChI=1S/C34H31N8PS2.Cu/c1-35-33(44)41-40-31(32-36-23-14-24-37-32)30(26-15-6-2-7-16-26)39-42-34(45)38-25-43(27-17-8-3-9-18-27,28-19-10-4-11-20-28)29-21-12-5-13-22-29;/h2-24H,25H2,1H3,(H3-,35,36,37,38,39,40,41,42,44,45);/q;+2/p-1. The van der Waals surface area contributed by atoms with Gasteiger partial charge in [-0.3, -0.25) is 0 Å². The minimum Gasteiger partial charge on any atom is -0.741 e. The maximum Gasteiger partial charge on any atom is 2.00 e. The van der Waals surface area contributed by atoms with Crippen molar-refractivity contribution >= 4 is 70.2 Å². The maximum atomic E-state index is 5.78. The van der Waals surface area contributed by atoms with Crippen molar-refractivity contribution in [2.75, 3.05) is 13.3 Å². The fourth-order valence-corrected chi connectivity index (χ4v) is 8.82. The number of benzene rings is 4. The summed E-state index contributed by atoms with van der Waals surface area (Å²) in [5.74, 6) is 0.319. The summed E-state index contributed by atoms with van der Waals surface area (Å²) in [5.41, 5.74) is 1.43. The van der Waals surface area contributed by atoms with Crippen molar-refractivity contribution in [3.63, 3.8) is 0 Å². The number of nitrogens with zero attached hydrogens (tertiary/aromatic N) is 6. The van der Waals surface area contributed by atoms with E-state index in [0.717, 1.165) is 5.56 Å². The van der Waals surface area contributed by atoms with Gasteiger partial charge in [0.2, 0.25) is 0 Å². The van der Waals surface area contributed by atoms with Crippen LogP contribution in [0.1, 0.15) is 11.4 Å². The van der Waals surface area contributed by atoms with Crippen LogP contribution in [0, 0.1) is 0 Å². The molecular weight excluding hydrogens is 679 g/mol. The van der Waals surface area contributed by atoms with Crippen molar-refractivity contribution in [3.05, 3.63) is 151 Å². The molecule has 0 amide bonds. The second kappa shape index (κ2) is 17.4. The van der Waals surface area contributed by atoms with E-state index >= 15 is 0 Å². The zero-order chi connectivity index (χ0) is 31.3. The van der Waals surface area contributed by atoms with E-state index in [0.29, 0.717) is 23.5 Å². The first-order chi connectivity index (χ1) is 22.1. The molecule has 0 aliphatic carbocycles. The van der Waals surface area contributed by atoms with E-state index in [4.69, 9.17) is 25.3 Å². The van der Waals surface area contributed by atoms with E-state index in [1.165, 1.54) is 15.9 Å². The summed E-state index contributed by atoms with van der Waals surface area (Å²) < 4.78 is 0. The van der Waals surface area contributed by atoms with Crippen molar-refractivity contribution in [1.29, 1.82) is 0 Å². The summed E-state index contributed by atoms with van der Waals surface area (Å²) in [6, 6.07) is 42.9. The van der Waals surface area contributed by atoms with Crippen molar-refractivity contribution in [2.24, 2.45) is 20.4 Å². The zero-order valence-corrected chi connectivity index (χ0v) is 28.2. The fraction of sp³-hybridized carbons (Fsp3) is 0.0588. The minimum absolute atomic E-state index is 0. The Balaban J connectivity index is 0.00000480. The van der Waals surface area contributed by atoms with Crippen molar-refractivity contribution in [1.82, 2.24) is 20.6 Å². The van der Waals surface area contributed by atoms with E-state index in [2.05, 4.69) is 114 Å². The Bertz CT molecular complexity index is 1700. The largest absolute Gasteiger partial charge is 2.00 e. The van der Waals surface area contributed by atoms with Crippen molar-refractivity contribution in [2.45, 2.75) is 0 Å². The summed E-state index contributed by atoms with van der Waals surface area (Å²) in [6.45, 7) is 0. The van der Waals surface area contributed by atoms with Gasteiger partial charge in [-0.05, 0) is 47.6 Å². The first kappa shape index (κ1) is 34.5. The van der Waals surface area contributed by atoms with E-state index in [9.17, 15) is 0 Å². The van der Waals surface area contributed by atoms with Crippen LogP contribution in [0.3, 0.4) is 0 Å². The van der Waals surface area contributed by atoms with Crippen LogP contribution in [0.2, 0.25) is 0 Å². The Morgan fingerprint density at radius 3 is 1.50 bits per heavy atom. The molecule has 0 saturated carbocycles. The average molecular weight is 709 g/mol. The van der Waals surface area contributed by atoms with Crippen LogP contribution < -0.4 is 26.5 Å². The molecule has 2 N–H and O–H groups in total. The molecule has 0 aliphatic rings. The van der Waals surface area contributed by atoms with Gasteiger partial charge in [-0.1, -0.05) is 84.9 Å². The number of rotatable bonds is 10. The molecule has 0 atom stereocenters. The molecule has 0 saturated heterocycles. The van der Waals surface area contributed by atoms with Gasteiger partial charge in [0.05, 0.1) is 0 Å². The Kier molecular flexibility index (Phi) is 13.0. The number of hydrogen-bond acceptors (Lipinski definition) is 8. The van der Waals surface area contributed by atoms with Gasteiger partial charge in [0.1, 0.15) is 35.2 Å². The molecule has 46 heavy (non-hydrogen) atoms. The van der Waals surface area contributed by atoms with Gasteiger partial charge in [0, 0.05) is 30.2 Å². The van der Waals surface area contributed by atoms with E-state index in [1.807, 2.05) is 48.5 Å². The van der Waals surface area contributed by atoms with Crippen LogP contribution in [-0.2, 0) is 42.3 Å². The summed E-state index contributed by atoms with van der Waals surface area (Å²) in [6.07, 6.45) is 3.79.